The van der Waals surface area contributed by atoms with Crippen molar-refractivity contribution in [2.45, 2.75) is 18.9 Å². The van der Waals surface area contributed by atoms with Gasteiger partial charge in [-0.05, 0) is 0 Å². The number of alkyl halides is 4. The van der Waals surface area contributed by atoms with E-state index >= 15 is 0 Å². The van der Waals surface area contributed by atoms with Gasteiger partial charge in [0.2, 0.25) is 0 Å². The van der Waals surface area contributed by atoms with E-state index in [1.807, 2.05) is 0 Å². The molecule has 0 fully saturated rings. The summed E-state index contributed by atoms with van der Waals surface area (Å²) < 4.78 is 53.7. The first-order chi connectivity index (χ1) is 7.02. The SMILES string of the molecule is FC(F)C(F)(F)COCCn1ccnn1. The standard InChI is InChI=1S/C7H9F4N3O/c8-6(9)7(10,11)5-15-4-3-14-2-1-12-13-14/h1-2,6H,3-5H2. The summed E-state index contributed by atoms with van der Waals surface area (Å²) in [4.78, 5) is 0. The summed E-state index contributed by atoms with van der Waals surface area (Å²) in [6, 6.07) is 0. The third-order valence-electron chi connectivity index (χ3n) is 1.55. The Morgan fingerprint density at radius 1 is 1.40 bits per heavy atom. The zero-order chi connectivity index (χ0) is 11.3. The summed E-state index contributed by atoms with van der Waals surface area (Å²) in [7, 11) is 0. The monoisotopic (exact) mass is 227 g/mol. The summed E-state index contributed by atoms with van der Waals surface area (Å²) in [6.07, 6.45) is -0.786. The molecule has 1 aromatic rings. The van der Waals surface area contributed by atoms with Gasteiger partial charge in [0, 0.05) is 6.20 Å². The predicted molar refractivity (Wildman–Crippen MR) is 41.8 cm³/mol. The molecule has 0 radical (unpaired) electrons. The van der Waals surface area contributed by atoms with Crippen LogP contribution in [0.15, 0.2) is 12.4 Å². The molecule has 1 aromatic heterocycles. The topological polar surface area (TPSA) is 39.9 Å². The van der Waals surface area contributed by atoms with Crippen LogP contribution in [-0.2, 0) is 11.3 Å². The van der Waals surface area contributed by atoms with Gasteiger partial charge in [0.1, 0.15) is 6.61 Å². The highest BCUT2D eigenvalue weighted by Gasteiger charge is 2.40. The molecule has 1 heterocycles. The molecule has 0 bridgehead atoms. The normalized spacial score (nSPS) is 12.3. The number of hydrogen-bond donors (Lipinski definition) is 0. The lowest BCUT2D eigenvalue weighted by atomic mass is 10.4. The van der Waals surface area contributed by atoms with Crippen molar-refractivity contribution in [1.29, 1.82) is 0 Å². The fourth-order valence-electron chi connectivity index (χ4n) is 0.781. The Morgan fingerprint density at radius 2 is 2.13 bits per heavy atom. The van der Waals surface area contributed by atoms with E-state index in [1.165, 1.54) is 17.1 Å². The van der Waals surface area contributed by atoms with Crippen LogP contribution in [0.5, 0.6) is 0 Å². The van der Waals surface area contributed by atoms with E-state index in [0.29, 0.717) is 0 Å². The molecule has 0 atom stereocenters. The van der Waals surface area contributed by atoms with Gasteiger partial charge in [0.05, 0.1) is 19.3 Å². The smallest absolute Gasteiger partial charge is 0.330 e. The Balaban J connectivity index is 2.17. The maximum Gasteiger partial charge on any atom is 0.330 e. The summed E-state index contributed by atoms with van der Waals surface area (Å²) in [6.45, 7) is -1.22. The second kappa shape index (κ2) is 5.06. The van der Waals surface area contributed by atoms with E-state index in [0.717, 1.165) is 0 Å². The van der Waals surface area contributed by atoms with Crippen LogP contribution in [-0.4, -0.2) is 40.6 Å². The van der Waals surface area contributed by atoms with Crippen LogP contribution in [0.25, 0.3) is 0 Å². The van der Waals surface area contributed by atoms with Crippen LogP contribution in [0.1, 0.15) is 0 Å². The molecule has 0 N–H and O–H groups in total. The minimum Gasteiger partial charge on any atom is -0.373 e. The van der Waals surface area contributed by atoms with Crippen LogP contribution in [0.4, 0.5) is 17.6 Å². The Hall–Kier alpha value is -1.18. The van der Waals surface area contributed by atoms with Crippen molar-refractivity contribution in [3.05, 3.63) is 12.4 Å². The van der Waals surface area contributed by atoms with E-state index in [4.69, 9.17) is 0 Å². The Bertz CT molecular complexity index is 278. The number of ether oxygens (including phenoxy) is 1. The molecule has 0 spiro atoms. The van der Waals surface area contributed by atoms with Gasteiger partial charge in [-0.15, -0.1) is 5.10 Å². The van der Waals surface area contributed by atoms with E-state index in [-0.39, 0.29) is 13.2 Å². The third kappa shape index (κ3) is 3.82. The van der Waals surface area contributed by atoms with Crippen molar-refractivity contribution in [2.75, 3.05) is 13.2 Å². The average Bonchev–Trinajstić information content (AvgIpc) is 2.64. The molecule has 0 unspecified atom stereocenters. The van der Waals surface area contributed by atoms with E-state index in [2.05, 4.69) is 15.0 Å². The van der Waals surface area contributed by atoms with Gasteiger partial charge in [0.15, 0.2) is 0 Å². The highest BCUT2D eigenvalue weighted by Crippen LogP contribution is 2.22. The van der Waals surface area contributed by atoms with Crippen LogP contribution in [0.3, 0.4) is 0 Å². The first kappa shape index (κ1) is 11.9. The van der Waals surface area contributed by atoms with Crippen molar-refractivity contribution < 1.29 is 22.3 Å². The second-order valence-electron chi connectivity index (χ2n) is 2.78. The Labute approximate surface area is 82.8 Å². The molecule has 1 rings (SSSR count). The molecule has 0 amide bonds. The Morgan fingerprint density at radius 3 is 2.67 bits per heavy atom. The molecule has 86 valence electrons. The molecule has 0 aliphatic heterocycles. The molecule has 0 aromatic carbocycles. The molecule has 0 saturated heterocycles. The van der Waals surface area contributed by atoms with Gasteiger partial charge in [-0.2, -0.15) is 8.78 Å². The number of halogens is 4. The van der Waals surface area contributed by atoms with Crippen LogP contribution < -0.4 is 0 Å². The van der Waals surface area contributed by atoms with Gasteiger partial charge >= 0.3 is 12.3 Å². The van der Waals surface area contributed by atoms with E-state index in [1.54, 1.807) is 0 Å². The maximum atomic E-state index is 12.3. The maximum absolute atomic E-state index is 12.3. The molecule has 4 nitrogen and oxygen atoms in total. The summed E-state index contributed by atoms with van der Waals surface area (Å²) in [5.41, 5.74) is 0. The first-order valence-electron chi connectivity index (χ1n) is 4.10. The first-order valence-corrected chi connectivity index (χ1v) is 4.10. The van der Waals surface area contributed by atoms with Gasteiger partial charge in [0.25, 0.3) is 0 Å². The molecule has 0 aliphatic rings. The zero-order valence-corrected chi connectivity index (χ0v) is 7.62. The predicted octanol–water partition coefficient (Wildman–Crippen LogP) is 1.20. The quantitative estimate of drug-likeness (QED) is 0.541. The van der Waals surface area contributed by atoms with Crippen molar-refractivity contribution in [3.63, 3.8) is 0 Å². The molecule has 8 heteroatoms. The number of nitrogens with zero attached hydrogens (tertiary/aromatic N) is 3. The highest BCUT2D eigenvalue weighted by atomic mass is 19.3. The van der Waals surface area contributed by atoms with Crippen molar-refractivity contribution in [1.82, 2.24) is 15.0 Å². The van der Waals surface area contributed by atoms with Gasteiger partial charge in [-0.3, -0.25) is 4.68 Å². The third-order valence-corrected chi connectivity index (χ3v) is 1.55. The van der Waals surface area contributed by atoms with E-state index in [9.17, 15) is 17.6 Å². The number of hydrogen-bond acceptors (Lipinski definition) is 3. The van der Waals surface area contributed by atoms with Crippen molar-refractivity contribution >= 4 is 0 Å². The fraction of sp³-hybridized carbons (Fsp3) is 0.714. The van der Waals surface area contributed by atoms with Gasteiger partial charge < -0.3 is 4.74 Å². The number of rotatable bonds is 6. The average molecular weight is 227 g/mol. The van der Waals surface area contributed by atoms with Crippen LogP contribution in [0, 0.1) is 0 Å². The molecular formula is C7H9F4N3O. The van der Waals surface area contributed by atoms with Gasteiger partial charge in [-0.25, -0.2) is 8.78 Å². The lowest BCUT2D eigenvalue weighted by Crippen LogP contribution is -2.32. The lowest BCUT2D eigenvalue weighted by molar-refractivity contribution is -0.166. The number of aromatic nitrogens is 3. The van der Waals surface area contributed by atoms with Crippen LogP contribution >= 0.6 is 0 Å². The van der Waals surface area contributed by atoms with Gasteiger partial charge in [-0.1, -0.05) is 5.21 Å². The van der Waals surface area contributed by atoms with Crippen molar-refractivity contribution in [2.24, 2.45) is 0 Å². The molecular weight excluding hydrogens is 218 g/mol. The molecule has 15 heavy (non-hydrogen) atoms. The Kier molecular flexibility index (Phi) is 4.01. The zero-order valence-electron chi connectivity index (χ0n) is 7.62. The van der Waals surface area contributed by atoms with E-state index < -0.39 is 19.0 Å². The van der Waals surface area contributed by atoms with Crippen LogP contribution in [0.2, 0.25) is 0 Å². The summed E-state index contributed by atoms with van der Waals surface area (Å²) in [5, 5.41) is 7.00. The minimum atomic E-state index is -4.09. The molecule has 0 saturated carbocycles. The summed E-state index contributed by atoms with van der Waals surface area (Å²) >= 11 is 0. The minimum absolute atomic E-state index is 0.119. The second-order valence-corrected chi connectivity index (χ2v) is 2.78. The summed E-state index contributed by atoms with van der Waals surface area (Å²) in [5.74, 6) is -4.09. The fourth-order valence-corrected chi connectivity index (χ4v) is 0.781. The molecule has 0 aliphatic carbocycles. The lowest BCUT2D eigenvalue weighted by Gasteiger charge is -2.14. The highest BCUT2D eigenvalue weighted by molar-refractivity contribution is 4.68. The van der Waals surface area contributed by atoms with Crippen molar-refractivity contribution in [3.8, 4) is 0 Å². The largest absolute Gasteiger partial charge is 0.373 e.